The number of amides is 2. The lowest BCUT2D eigenvalue weighted by molar-refractivity contribution is -0.124. The Labute approximate surface area is 150 Å². The van der Waals surface area contributed by atoms with E-state index < -0.39 is 6.04 Å². The van der Waals surface area contributed by atoms with E-state index in [0.717, 1.165) is 24.9 Å². The molecule has 1 aliphatic heterocycles. The van der Waals surface area contributed by atoms with Gasteiger partial charge in [0.2, 0.25) is 5.91 Å². The second kappa shape index (κ2) is 9.64. The van der Waals surface area contributed by atoms with Gasteiger partial charge in [0.05, 0.1) is 0 Å². The molecule has 134 valence electrons. The summed E-state index contributed by atoms with van der Waals surface area (Å²) in [6.07, 6.45) is 2.24. The van der Waals surface area contributed by atoms with E-state index in [1.54, 1.807) is 12.1 Å². The minimum atomic E-state index is -0.523. The van der Waals surface area contributed by atoms with Crippen LogP contribution in [-0.2, 0) is 4.79 Å². The summed E-state index contributed by atoms with van der Waals surface area (Å²) in [6.45, 7) is 7.48. The van der Waals surface area contributed by atoms with E-state index in [0.29, 0.717) is 18.2 Å². The van der Waals surface area contributed by atoms with E-state index in [-0.39, 0.29) is 30.1 Å². The molecule has 0 aromatic heterocycles. The molecule has 5 nitrogen and oxygen atoms in total. The number of rotatable bonds is 6. The zero-order chi connectivity index (χ0) is 16.8. The average Bonchev–Trinajstić information content (AvgIpc) is 3.03. The Kier molecular flexibility index (Phi) is 8.22. The molecule has 2 atom stereocenters. The molecule has 1 fully saturated rings. The molecule has 1 aromatic carbocycles. The Morgan fingerprint density at radius 1 is 1.25 bits per heavy atom. The van der Waals surface area contributed by atoms with Crippen LogP contribution < -0.4 is 16.0 Å². The van der Waals surface area contributed by atoms with Gasteiger partial charge in [-0.25, -0.2) is 0 Å². The minimum Gasteiger partial charge on any atom is -0.353 e. The normalized spacial score (nSPS) is 17.9. The van der Waals surface area contributed by atoms with Crippen molar-refractivity contribution in [2.45, 2.75) is 45.7 Å². The van der Waals surface area contributed by atoms with Crippen LogP contribution >= 0.6 is 12.4 Å². The van der Waals surface area contributed by atoms with Crippen LogP contribution in [0.1, 0.15) is 42.6 Å². The van der Waals surface area contributed by atoms with E-state index in [1.807, 2.05) is 32.9 Å². The van der Waals surface area contributed by atoms with Gasteiger partial charge in [-0.1, -0.05) is 31.5 Å². The summed E-state index contributed by atoms with van der Waals surface area (Å²) in [4.78, 5) is 24.7. The molecule has 0 aliphatic carbocycles. The second-order valence-corrected chi connectivity index (χ2v) is 6.60. The molecule has 3 N–H and O–H groups in total. The van der Waals surface area contributed by atoms with Gasteiger partial charge in [-0.3, -0.25) is 9.59 Å². The third kappa shape index (κ3) is 5.80. The lowest BCUT2D eigenvalue weighted by Gasteiger charge is -2.23. The summed E-state index contributed by atoms with van der Waals surface area (Å²) in [5.41, 5.74) is 1.68. The van der Waals surface area contributed by atoms with Crippen molar-refractivity contribution in [1.82, 2.24) is 16.0 Å². The van der Waals surface area contributed by atoms with Crippen molar-refractivity contribution in [1.29, 1.82) is 0 Å². The highest BCUT2D eigenvalue weighted by Crippen LogP contribution is 2.08. The Balaban J connectivity index is 0.00000288. The first-order valence-corrected chi connectivity index (χ1v) is 8.36. The molecular weight excluding hydrogens is 326 g/mol. The zero-order valence-corrected chi connectivity index (χ0v) is 15.4. The van der Waals surface area contributed by atoms with Crippen molar-refractivity contribution in [3.05, 3.63) is 35.4 Å². The number of carbonyl (C=O) groups is 2. The van der Waals surface area contributed by atoms with Gasteiger partial charge < -0.3 is 16.0 Å². The lowest BCUT2D eigenvalue weighted by Crippen LogP contribution is -2.51. The van der Waals surface area contributed by atoms with Gasteiger partial charge in [-0.2, -0.15) is 0 Å². The molecule has 1 aliphatic rings. The Hall–Kier alpha value is -1.59. The maximum Gasteiger partial charge on any atom is 0.251 e. The predicted molar refractivity (Wildman–Crippen MR) is 98.6 cm³/mol. The zero-order valence-electron chi connectivity index (χ0n) is 14.6. The van der Waals surface area contributed by atoms with Crippen molar-refractivity contribution in [2.24, 2.45) is 5.92 Å². The molecule has 1 saturated heterocycles. The minimum absolute atomic E-state index is 0. The highest BCUT2D eigenvalue weighted by molar-refractivity contribution is 5.97. The maximum absolute atomic E-state index is 12.4. The fourth-order valence-corrected chi connectivity index (χ4v) is 2.73. The van der Waals surface area contributed by atoms with Gasteiger partial charge in [-0.15, -0.1) is 12.4 Å². The lowest BCUT2D eigenvalue weighted by atomic mass is 10.0. The monoisotopic (exact) mass is 353 g/mol. The Bertz CT molecular complexity index is 540. The van der Waals surface area contributed by atoms with Crippen LogP contribution in [0.5, 0.6) is 0 Å². The number of hydrogen-bond donors (Lipinski definition) is 3. The van der Waals surface area contributed by atoms with Crippen molar-refractivity contribution in [3.63, 3.8) is 0 Å². The molecule has 24 heavy (non-hydrogen) atoms. The van der Waals surface area contributed by atoms with Crippen LogP contribution in [0.15, 0.2) is 24.3 Å². The maximum atomic E-state index is 12.4. The fraction of sp³-hybridized carbons (Fsp3) is 0.556. The van der Waals surface area contributed by atoms with E-state index in [4.69, 9.17) is 0 Å². The summed E-state index contributed by atoms with van der Waals surface area (Å²) in [6, 6.07) is 7.17. The molecule has 2 rings (SSSR count). The van der Waals surface area contributed by atoms with Gasteiger partial charge in [0.15, 0.2) is 0 Å². The third-order valence-electron chi connectivity index (χ3n) is 4.23. The van der Waals surface area contributed by atoms with Gasteiger partial charge >= 0.3 is 0 Å². The topological polar surface area (TPSA) is 70.2 Å². The molecule has 0 saturated carbocycles. The van der Waals surface area contributed by atoms with Crippen LogP contribution in [0.25, 0.3) is 0 Å². The summed E-state index contributed by atoms with van der Waals surface area (Å²) >= 11 is 0. The number of halogens is 1. The molecule has 0 bridgehead atoms. The fourth-order valence-electron chi connectivity index (χ4n) is 2.73. The second-order valence-electron chi connectivity index (χ2n) is 6.60. The van der Waals surface area contributed by atoms with E-state index in [1.165, 1.54) is 0 Å². The van der Waals surface area contributed by atoms with E-state index >= 15 is 0 Å². The van der Waals surface area contributed by atoms with Crippen LogP contribution in [0.3, 0.4) is 0 Å². The molecule has 2 amide bonds. The largest absolute Gasteiger partial charge is 0.353 e. The number of carbonyl (C=O) groups excluding carboxylic acids is 2. The molecule has 6 heteroatoms. The van der Waals surface area contributed by atoms with Crippen LogP contribution in [-0.4, -0.2) is 37.0 Å². The molecule has 2 unspecified atom stereocenters. The summed E-state index contributed by atoms with van der Waals surface area (Å²) in [7, 11) is 0. The quantitative estimate of drug-likeness (QED) is 0.733. The van der Waals surface area contributed by atoms with Crippen molar-refractivity contribution in [2.75, 3.05) is 13.1 Å². The molecule has 0 spiro atoms. The molecule has 1 aromatic rings. The van der Waals surface area contributed by atoms with Crippen molar-refractivity contribution in [3.8, 4) is 0 Å². The predicted octanol–water partition coefficient (Wildman–Crippen LogP) is 2.04. The summed E-state index contributed by atoms with van der Waals surface area (Å²) in [5.74, 6) is -0.298. The summed E-state index contributed by atoms with van der Waals surface area (Å²) in [5, 5.41) is 9.16. The van der Waals surface area contributed by atoms with Crippen molar-refractivity contribution < 1.29 is 9.59 Å². The molecular formula is C18H28ClN3O2. The molecule has 0 radical (unpaired) electrons. The van der Waals surface area contributed by atoms with E-state index in [9.17, 15) is 9.59 Å². The standard InChI is InChI=1S/C18H27N3O2.ClH/c1-12(2)16(18(23)20-11-15-5-4-10-19-15)21-17(22)14-8-6-13(3)7-9-14;/h6-9,12,15-16,19H,4-5,10-11H2,1-3H3,(H,20,23)(H,21,22);1H. The van der Waals surface area contributed by atoms with Gasteiger partial charge in [0, 0.05) is 18.2 Å². The number of benzene rings is 1. The number of aryl methyl sites for hydroxylation is 1. The highest BCUT2D eigenvalue weighted by Gasteiger charge is 2.25. The average molecular weight is 354 g/mol. The number of hydrogen-bond acceptors (Lipinski definition) is 3. The third-order valence-corrected chi connectivity index (χ3v) is 4.23. The smallest absolute Gasteiger partial charge is 0.251 e. The first-order valence-electron chi connectivity index (χ1n) is 8.36. The highest BCUT2D eigenvalue weighted by atomic mass is 35.5. The first-order chi connectivity index (χ1) is 11.0. The Morgan fingerprint density at radius 2 is 1.92 bits per heavy atom. The van der Waals surface area contributed by atoms with Crippen molar-refractivity contribution >= 4 is 24.2 Å². The number of nitrogens with one attached hydrogen (secondary N) is 3. The summed E-state index contributed by atoms with van der Waals surface area (Å²) < 4.78 is 0. The molecule has 1 heterocycles. The van der Waals surface area contributed by atoms with Gasteiger partial charge in [-0.05, 0) is 44.4 Å². The van der Waals surface area contributed by atoms with E-state index in [2.05, 4.69) is 16.0 Å². The van der Waals surface area contributed by atoms with Crippen LogP contribution in [0.4, 0.5) is 0 Å². The first kappa shape index (κ1) is 20.5. The van der Waals surface area contributed by atoms with Crippen LogP contribution in [0, 0.1) is 12.8 Å². The van der Waals surface area contributed by atoms with Gasteiger partial charge in [0.25, 0.3) is 5.91 Å². The SMILES string of the molecule is Cc1ccc(C(=O)NC(C(=O)NCC2CCCN2)C(C)C)cc1.Cl. The Morgan fingerprint density at radius 3 is 2.46 bits per heavy atom. The van der Waals surface area contributed by atoms with Gasteiger partial charge in [0.1, 0.15) is 6.04 Å². The van der Waals surface area contributed by atoms with Crippen LogP contribution in [0.2, 0.25) is 0 Å².